The number of aromatic nitrogens is 4. The highest BCUT2D eigenvalue weighted by Gasteiger charge is 2.17. The molecule has 3 aromatic rings. The highest BCUT2D eigenvalue weighted by Crippen LogP contribution is 2.25. The van der Waals surface area contributed by atoms with Gasteiger partial charge >= 0.3 is 5.97 Å². The van der Waals surface area contributed by atoms with Crippen LogP contribution in [0.2, 0.25) is 0 Å². The van der Waals surface area contributed by atoms with Gasteiger partial charge in [0.15, 0.2) is 0 Å². The maximum Gasteiger partial charge on any atom is 0.306 e. The van der Waals surface area contributed by atoms with Crippen molar-refractivity contribution in [2.45, 2.75) is 24.7 Å². The van der Waals surface area contributed by atoms with E-state index in [1.807, 2.05) is 38.1 Å². The number of carbonyl (C=O) groups excluding carboxylic acids is 1. The zero-order chi connectivity index (χ0) is 21.2. The lowest BCUT2D eigenvalue weighted by atomic mass is 10.0. The lowest BCUT2D eigenvalue weighted by Gasteiger charge is -2.20. The molecule has 2 heterocycles. The third-order valence-electron chi connectivity index (χ3n) is 4.63. The number of hydrogen-bond donors (Lipinski definition) is 1. The molecule has 1 aromatic carbocycles. The minimum atomic E-state index is -3.05. The van der Waals surface area contributed by atoms with Crippen molar-refractivity contribution in [3.63, 3.8) is 0 Å². The van der Waals surface area contributed by atoms with E-state index in [1.54, 1.807) is 16.6 Å². The van der Waals surface area contributed by atoms with E-state index in [2.05, 4.69) is 19.8 Å². The number of ether oxygens (including phenoxy) is 1. The van der Waals surface area contributed by atoms with Crippen LogP contribution in [0, 0.1) is 11.7 Å². The number of benzene rings is 1. The van der Waals surface area contributed by atoms with Crippen molar-refractivity contribution in [3.05, 3.63) is 47.4 Å². The Morgan fingerprint density at radius 1 is 1.28 bits per heavy atom. The molecule has 0 saturated carbocycles. The van der Waals surface area contributed by atoms with Crippen LogP contribution in [0.15, 0.2) is 35.5 Å². The predicted molar refractivity (Wildman–Crippen MR) is 110 cm³/mol. The second-order valence-corrected chi connectivity index (χ2v) is 9.12. The SMILES string of the molecule is COC(=O)CCS(=N)(=O)c1ccc(Cc2c(C)nc3ncnn3c2N(C)C)cc1. The Morgan fingerprint density at radius 3 is 2.59 bits per heavy atom. The number of nitrogens with zero attached hydrogens (tertiary/aromatic N) is 5. The highest BCUT2D eigenvalue weighted by molar-refractivity contribution is 7.92. The summed E-state index contributed by atoms with van der Waals surface area (Å²) in [6.07, 6.45) is 2.03. The van der Waals surface area contributed by atoms with Gasteiger partial charge in [-0.05, 0) is 24.6 Å². The van der Waals surface area contributed by atoms with Gasteiger partial charge in [0, 0.05) is 42.4 Å². The van der Waals surface area contributed by atoms with E-state index in [0.717, 1.165) is 22.6 Å². The normalized spacial score (nSPS) is 13.2. The Morgan fingerprint density at radius 2 is 1.97 bits per heavy atom. The van der Waals surface area contributed by atoms with Gasteiger partial charge in [0.1, 0.15) is 12.1 Å². The summed E-state index contributed by atoms with van der Waals surface area (Å²) in [5.74, 6) is 0.918. The Balaban J connectivity index is 1.88. The molecular weight excluding hydrogens is 392 g/mol. The number of rotatable bonds is 7. The fraction of sp³-hybridized carbons (Fsp3) is 0.368. The molecule has 0 radical (unpaired) electrons. The number of aryl methyl sites for hydroxylation is 1. The number of anilines is 1. The summed E-state index contributed by atoms with van der Waals surface area (Å²) in [7, 11) is 2.11. The molecule has 9 nitrogen and oxygen atoms in total. The van der Waals surface area contributed by atoms with Gasteiger partial charge in [0.05, 0.1) is 23.3 Å². The summed E-state index contributed by atoms with van der Waals surface area (Å²) in [5, 5.41) is 4.27. The maximum atomic E-state index is 12.6. The van der Waals surface area contributed by atoms with Crippen molar-refractivity contribution in [1.29, 1.82) is 4.78 Å². The molecular formula is C19H24N6O3S. The first kappa shape index (κ1) is 20.7. The first-order chi connectivity index (χ1) is 13.7. The van der Waals surface area contributed by atoms with E-state index in [0.29, 0.717) is 17.1 Å². The van der Waals surface area contributed by atoms with Crippen molar-refractivity contribution in [2.75, 3.05) is 31.9 Å². The monoisotopic (exact) mass is 416 g/mol. The lowest BCUT2D eigenvalue weighted by molar-refractivity contribution is -0.140. The summed E-state index contributed by atoms with van der Waals surface area (Å²) in [5.41, 5.74) is 2.86. The lowest BCUT2D eigenvalue weighted by Crippen LogP contribution is -2.18. The Bertz CT molecular complexity index is 1140. The molecule has 29 heavy (non-hydrogen) atoms. The number of hydrogen-bond acceptors (Lipinski definition) is 8. The van der Waals surface area contributed by atoms with Gasteiger partial charge in [0.2, 0.25) is 0 Å². The van der Waals surface area contributed by atoms with Crippen molar-refractivity contribution >= 4 is 27.3 Å². The number of carbonyl (C=O) groups is 1. The fourth-order valence-corrected chi connectivity index (χ4v) is 4.38. The molecule has 1 N–H and O–H groups in total. The molecule has 0 spiro atoms. The smallest absolute Gasteiger partial charge is 0.306 e. The van der Waals surface area contributed by atoms with Gasteiger partial charge in [-0.3, -0.25) is 4.79 Å². The van der Waals surface area contributed by atoms with E-state index in [1.165, 1.54) is 13.4 Å². The first-order valence-corrected chi connectivity index (χ1v) is 10.7. The van der Waals surface area contributed by atoms with Crippen LogP contribution in [0.25, 0.3) is 5.78 Å². The molecule has 0 amide bonds. The van der Waals surface area contributed by atoms with Crippen LogP contribution in [0.1, 0.15) is 23.2 Å². The second-order valence-electron chi connectivity index (χ2n) is 6.89. The van der Waals surface area contributed by atoms with Gasteiger partial charge in [-0.1, -0.05) is 12.1 Å². The van der Waals surface area contributed by atoms with E-state index in [9.17, 15) is 9.00 Å². The molecule has 0 fully saturated rings. The third-order valence-corrected chi connectivity index (χ3v) is 6.45. The van der Waals surface area contributed by atoms with E-state index in [4.69, 9.17) is 4.78 Å². The van der Waals surface area contributed by atoms with Crippen molar-refractivity contribution in [1.82, 2.24) is 19.6 Å². The fourth-order valence-electron chi connectivity index (χ4n) is 3.11. The van der Waals surface area contributed by atoms with E-state index < -0.39 is 15.7 Å². The topological polar surface area (TPSA) is 114 Å². The molecule has 0 saturated heterocycles. The van der Waals surface area contributed by atoms with Crippen molar-refractivity contribution in [3.8, 4) is 0 Å². The zero-order valence-electron chi connectivity index (χ0n) is 16.9. The molecule has 0 bridgehead atoms. The molecule has 10 heteroatoms. The van der Waals surface area contributed by atoms with Crippen LogP contribution in [0.5, 0.6) is 0 Å². The summed E-state index contributed by atoms with van der Waals surface area (Å²) >= 11 is 0. The summed E-state index contributed by atoms with van der Waals surface area (Å²) in [4.78, 5) is 22.4. The van der Waals surface area contributed by atoms with Crippen molar-refractivity contribution in [2.24, 2.45) is 0 Å². The molecule has 1 atom stereocenters. The van der Waals surface area contributed by atoms with Crippen LogP contribution in [-0.4, -0.2) is 56.7 Å². The Kier molecular flexibility index (Phi) is 5.83. The van der Waals surface area contributed by atoms with Crippen LogP contribution < -0.4 is 4.90 Å². The molecule has 1 unspecified atom stereocenters. The standard InChI is InChI=1S/C19H24N6O3S/c1-13-16(18(24(2)3)25-19(23-13)21-12-22-25)11-14-5-7-15(8-6-14)29(20,27)10-9-17(26)28-4/h5-8,12,20H,9-11H2,1-4H3. The van der Waals surface area contributed by atoms with Crippen LogP contribution in [0.3, 0.4) is 0 Å². The first-order valence-electron chi connectivity index (χ1n) is 9.01. The average Bonchev–Trinajstić information content (AvgIpc) is 3.14. The van der Waals surface area contributed by atoms with Gasteiger partial charge in [0.25, 0.3) is 5.78 Å². The zero-order valence-corrected chi connectivity index (χ0v) is 17.7. The van der Waals surface area contributed by atoms with Gasteiger partial charge in [-0.25, -0.2) is 14.0 Å². The quantitative estimate of drug-likeness (QED) is 0.586. The molecule has 3 rings (SSSR count). The minimum Gasteiger partial charge on any atom is -0.469 e. The molecule has 0 aliphatic carbocycles. The molecule has 154 valence electrons. The number of nitrogens with one attached hydrogen (secondary N) is 1. The summed E-state index contributed by atoms with van der Waals surface area (Å²) < 4.78 is 27.0. The predicted octanol–water partition coefficient (Wildman–Crippen LogP) is 2.06. The summed E-state index contributed by atoms with van der Waals surface area (Å²) in [6, 6.07) is 7.08. The van der Waals surface area contributed by atoms with E-state index >= 15 is 0 Å². The molecule has 2 aromatic heterocycles. The maximum absolute atomic E-state index is 12.6. The van der Waals surface area contributed by atoms with Crippen LogP contribution in [0.4, 0.5) is 5.82 Å². The third kappa shape index (κ3) is 4.37. The van der Waals surface area contributed by atoms with Crippen molar-refractivity contribution < 1.29 is 13.7 Å². The van der Waals surface area contributed by atoms with Crippen LogP contribution in [-0.2, 0) is 25.7 Å². The van der Waals surface area contributed by atoms with Gasteiger partial charge in [-0.15, -0.1) is 0 Å². The minimum absolute atomic E-state index is 0.0461. The number of fused-ring (bicyclic) bond motifs is 1. The van der Waals surface area contributed by atoms with Crippen LogP contribution >= 0.6 is 0 Å². The largest absolute Gasteiger partial charge is 0.469 e. The highest BCUT2D eigenvalue weighted by atomic mass is 32.2. The van der Waals surface area contributed by atoms with Gasteiger partial charge in [-0.2, -0.15) is 14.6 Å². The molecule has 0 aliphatic heterocycles. The average molecular weight is 417 g/mol. The Labute approximate surface area is 169 Å². The second kappa shape index (κ2) is 8.16. The summed E-state index contributed by atoms with van der Waals surface area (Å²) in [6.45, 7) is 1.94. The van der Waals surface area contributed by atoms with Gasteiger partial charge < -0.3 is 9.64 Å². The van der Waals surface area contributed by atoms with E-state index in [-0.39, 0.29) is 12.2 Å². The number of methoxy groups -OCH3 is 1. The molecule has 0 aliphatic rings. The Hall–Kier alpha value is -3.01. The number of esters is 1.